The summed E-state index contributed by atoms with van der Waals surface area (Å²) in [5, 5.41) is 0.460. The molecule has 1 aliphatic heterocycles. The van der Waals surface area contributed by atoms with Gasteiger partial charge in [0.2, 0.25) is 0 Å². The van der Waals surface area contributed by atoms with Crippen molar-refractivity contribution < 1.29 is 0 Å². The van der Waals surface area contributed by atoms with Crippen molar-refractivity contribution in [3.63, 3.8) is 0 Å². The first kappa shape index (κ1) is 13.9. The van der Waals surface area contributed by atoms with Gasteiger partial charge in [-0.05, 0) is 30.3 Å². The molecule has 0 bridgehead atoms. The van der Waals surface area contributed by atoms with E-state index in [9.17, 15) is 0 Å². The normalized spacial score (nSPS) is 10.8. The predicted molar refractivity (Wildman–Crippen MR) is 92.3 cm³/mol. The van der Waals surface area contributed by atoms with Gasteiger partial charge in [0.25, 0.3) is 0 Å². The van der Waals surface area contributed by atoms with Gasteiger partial charge in [0.15, 0.2) is 0 Å². The highest BCUT2D eigenvalue weighted by molar-refractivity contribution is 6.33. The minimum absolute atomic E-state index is 0.460. The van der Waals surface area contributed by atoms with E-state index in [2.05, 4.69) is 15.0 Å². The molecule has 1 aliphatic carbocycles. The van der Waals surface area contributed by atoms with Gasteiger partial charge in [-0.25, -0.2) is 4.98 Å². The van der Waals surface area contributed by atoms with Gasteiger partial charge in [0.05, 0.1) is 17.1 Å². The summed E-state index contributed by atoms with van der Waals surface area (Å²) < 4.78 is 0. The van der Waals surface area contributed by atoms with E-state index in [1.165, 1.54) is 0 Å². The number of halogens is 1. The fraction of sp³-hybridized carbons (Fsp3) is 0. The molecule has 0 N–H and O–H groups in total. The maximum absolute atomic E-state index is 6.43. The molecule has 0 atom stereocenters. The summed E-state index contributed by atoms with van der Waals surface area (Å²) in [4.78, 5) is 13.4. The lowest BCUT2D eigenvalue weighted by molar-refractivity contribution is 1.32. The van der Waals surface area contributed by atoms with E-state index in [-0.39, 0.29) is 0 Å². The van der Waals surface area contributed by atoms with Gasteiger partial charge >= 0.3 is 0 Å². The molecule has 2 aliphatic rings. The number of nitrogens with zero attached hydrogens (tertiary/aromatic N) is 3. The van der Waals surface area contributed by atoms with Crippen molar-refractivity contribution in [2.45, 2.75) is 0 Å². The molecule has 2 aromatic rings. The molecule has 0 radical (unpaired) electrons. The second-order valence-corrected chi connectivity index (χ2v) is 5.46. The molecule has 110 valence electrons. The van der Waals surface area contributed by atoms with E-state index < -0.39 is 0 Å². The fourth-order valence-corrected chi connectivity index (χ4v) is 2.99. The average molecular weight is 318 g/mol. The molecule has 0 amide bonds. The summed E-state index contributed by atoms with van der Waals surface area (Å²) in [6, 6.07) is 19.6. The Morgan fingerprint density at radius 1 is 0.609 bits per heavy atom. The SMILES string of the molecule is Clc1nc2ccccc(-c3ccccn3)c-2c1-c1ccccn1. The van der Waals surface area contributed by atoms with Crippen LogP contribution in [0, 0.1) is 0 Å². The van der Waals surface area contributed by atoms with Gasteiger partial charge in [0, 0.05) is 29.1 Å². The largest absolute Gasteiger partial charge is 0.256 e. The minimum atomic E-state index is 0.460. The van der Waals surface area contributed by atoms with Crippen LogP contribution in [0.1, 0.15) is 0 Å². The molecule has 0 saturated carbocycles. The number of hydrogen-bond donors (Lipinski definition) is 0. The van der Waals surface area contributed by atoms with E-state index in [1.807, 2.05) is 60.7 Å². The van der Waals surface area contributed by atoms with Crippen LogP contribution in [0.25, 0.3) is 33.8 Å². The van der Waals surface area contributed by atoms with Crippen LogP contribution in [0.2, 0.25) is 5.15 Å². The number of pyridine rings is 2. The summed E-state index contributed by atoms with van der Waals surface area (Å²) in [5.74, 6) is 0. The van der Waals surface area contributed by atoms with Crippen molar-refractivity contribution >= 4 is 11.6 Å². The molecule has 2 aromatic heterocycles. The van der Waals surface area contributed by atoms with Crippen molar-refractivity contribution in [1.29, 1.82) is 0 Å². The smallest absolute Gasteiger partial charge is 0.139 e. The van der Waals surface area contributed by atoms with Crippen LogP contribution in [0.15, 0.2) is 73.1 Å². The van der Waals surface area contributed by atoms with Crippen LogP contribution in [0.3, 0.4) is 0 Å². The van der Waals surface area contributed by atoms with Crippen LogP contribution in [0.4, 0.5) is 0 Å². The third-order valence-electron chi connectivity index (χ3n) is 3.69. The molecular weight excluding hydrogens is 306 g/mol. The van der Waals surface area contributed by atoms with Gasteiger partial charge < -0.3 is 0 Å². The first-order valence-corrected chi connectivity index (χ1v) is 7.63. The summed E-state index contributed by atoms with van der Waals surface area (Å²) in [6.45, 7) is 0. The molecule has 0 saturated heterocycles. The second kappa shape index (κ2) is 5.78. The summed E-state index contributed by atoms with van der Waals surface area (Å²) in [5.41, 5.74) is 5.34. The predicted octanol–water partition coefficient (Wildman–Crippen LogP) is 4.96. The van der Waals surface area contributed by atoms with Crippen LogP contribution >= 0.6 is 11.6 Å². The molecule has 4 rings (SSSR count). The quantitative estimate of drug-likeness (QED) is 0.524. The Balaban J connectivity index is 2.08. The van der Waals surface area contributed by atoms with Crippen molar-refractivity contribution in [3.8, 4) is 33.8 Å². The summed E-state index contributed by atoms with van der Waals surface area (Å²) in [7, 11) is 0. The number of rotatable bonds is 2. The Labute approximate surface area is 139 Å². The first-order valence-electron chi connectivity index (χ1n) is 7.25. The third-order valence-corrected chi connectivity index (χ3v) is 3.96. The molecular formula is C19H12ClN3. The van der Waals surface area contributed by atoms with E-state index in [0.717, 1.165) is 33.8 Å². The molecule has 23 heavy (non-hydrogen) atoms. The second-order valence-electron chi connectivity index (χ2n) is 5.10. The molecule has 0 unspecified atom stereocenters. The molecule has 0 fully saturated rings. The van der Waals surface area contributed by atoms with Crippen molar-refractivity contribution in [3.05, 3.63) is 78.2 Å². The van der Waals surface area contributed by atoms with E-state index in [1.54, 1.807) is 12.4 Å². The van der Waals surface area contributed by atoms with Gasteiger partial charge in [-0.2, -0.15) is 0 Å². The summed E-state index contributed by atoms with van der Waals surface area (Å²) in [6.07, 6.45) is 3.54. The van der Waals surface area contributed by atoms with Gasteiger partial charge in [-0.15, -0.1) is 0 Å². The lowest BCUT2D eigenvalue weighted by Gasteiger charge is -2.06. The Morgan fingerprint density at radius 2 is 1.22 bits per heavy atom. The first-order chi connectivity index (χ1) is 11.3. The van der Waals surface area contributed by atoms with Crippen molar-refractivity contribution in [2.24, 2.45) is 0 Å². The maximum atomic E-state index is 6.43. The molecule has 0 aromatic carbocycles. The lowest BCUT2D eigenvalue weighted by atomic mass is 9.99. The highest BCUT2D eigenvalue weighted by Gasteiger charge is 2.22. The van der Waals surface area contributed by atoms with Crippen LogP contribution in [-0.2, 0) is 0 Å². The van der Waals surface area contributed by atoms with Crippen LogP contribution < -0.4 is 0 Å². The average Bonchev–Trinajstić information content (AvgIpc) is 2.79. The number of hydrogen-bond acceptors (Lipinski definition) is 3. The standard InChI is InChI=1S/C19H12ClN3/c20-19-18(15-9-4-6-12-22-15)17-13(14-8-3-5-11-21-14)7-1-2-10-16(17)23-19/h1-12H. The third kappa shape index (κ3) is 2.45. The Kier molecular flexibility index (Phi) is 3.48. The van der Waals surface area contributed by atoms with Gasteiger partial charge in [0.1, 0.15) is 5.15 Å². The van der Waals surface area contributed by atoms with Crippen LogP contribution in [0.5, 0.6) is 0 Å². The number of aromatic nitrogens is 3. The Bertz CT molecular complexity index is 924. The topological polar surface area (TPSA) is 38.7 Å². The Morgan fingerprint density at radius 3 is 1.91 bits per heavy atom. The highest BCUT2D eigenvalue weighted by atomic mass is 35.5. The number of fused-ring (bicyclic) bond motifs is 1. The van der Waals surface area contributed by atoms with Crippen molar-refractivity contribution in [1.82, 2.24) is 15.0 Å². The van der Waals surface area contributed by atoms with Gasteiger partial charge in [-0.1, -0.05) is 41.9 Å². The monoisotopic (exact) mass is 317 g/mol. The van der Waals surface area contributed by atoms with Gasteiger partial charge in [-0.3, -0.25) is 9.97 Å². The van der Waals surface area contributed by atoms with E-state index >= 15 is 0 Å². The molecule has 0 spiro atoms. The van der Waals surface area contributed by atoms with Crippen molar-refractivity contribution in [2.75, 3.05) is 0 Å². The summed E-state index contributed by atoms with van der Waals surface area (Å²) >= 11 is 6.43. The highest BCUT2D eigenvalue weighted by Crippen LogP contribution is 2.43. The molecule has 3 heterocycles. The van der Waals surface area contributed by atoms with E-state index in [0.29, 0.717) is 5.15 Å². The zero-order chi connectivity index (χ0) is 15.6. The zero-order valence-corrected chi connectivity index (χ0v) is 12.9. The zero-order valence-electron chi connectivity index (χ0n) is 12.1. The maximum Gasteiger partial charge on any atom is 0.139 e. The minimum Gasteiger partial charge on any atom is -0.256 e. The fourth-order valence-electron chi connectivity index (χ4n) is 2.70. The lowest BCUT2D eigenvalue weighted by Crippen LogP contribution is -1.87. The Hall–Kier alpha value is -2.78. The van der Waals surface area contributed by atoms with Crippen LogP contribution in [-0.4, -0.2) is 15.0 Å². The molecule has 3 nitrogen and oxygen atoms in total. The molecule has 4 heteroatoms. The van der Waals surface area contributed by atoms with E-state index in [4.69, 9.17) is 11.6 Å².